The summed E-state index contributed by atoms with van der Waals surface area (Å²) in [6.45, 7) is 6.22. The fourth-order valence-corrected chi connectivity index (χ4v) is 2.07. The second kappa shape index (κ2) is 4.68. The van der Waals surface area contributed by atoms with Gasteiger partial charge in [0.25, 0.3) is 0 Å². The van der Waals surface area contributed by atoms with Crippen molar-refractivity contribution in [2.45, 2.75) is 26.8 Å². The van der Waals surface area contributed by atoms with Crippen LogP contribution in [0.1, 0.15) is 34.0 Å². The first-order chi connectivity index (χ1) is 8.09. The third-order valence-corrected chi connectivity index (χ3v) is 3.11. The molecule has 0 radical (unpaired) electrons. The molecule has 2 rings (SSSR count). The van der Waals surface area contributed by atoms with E-state index in [4.69, 9.17) is 5.73 Å². The Balaban J connectivity index is 2.47. The van der Waals surface area contributed by atoms with Crippen molar-refractivity contribution in [2.24, 2.45) is 5.73 Å². The highest BCUT2D eigenvalue weighted by Crippen LogP contribution is 2.24. The minimum atomic E-state index is -0.143. The summed E-state index contributed by atoms with van der Waals surface area (Å²) in [6.07, 6.45) is 1.80. The summed E-state index contributed by atoms with van der Waals surface area (Å²) < 4.78 is 0. The van der Waals surface area contributed by atoms with Gasteiger partial charge in [0, 0.05) is 6.20 Å². The average molecular weight is 226 g/mol. The van der Waals surface area contributed by atoms with Gasteiger partial charge in [-0.15, -0.1) is 0 Å². The molecular formula is C15H18N2. The van der Waals surface area contributed by atoms with Gasteiger partial charge in [0.05, 0.1) is 11.7 Å². The molecule has 0 saturated carbocycles. The van der Waals surface area contributed by atoms with Crippen LogP contribution in [-0.2, 0) is 0 Å². The maximum absolute atomic E-state index is 6.32. The van der Waals surface area contributed by atoms with Crippen LogP contribution in [0.4, 0.5) is 0 Å². The summed E-state index contributed by atoms with van der Waals surface area (Å²) in [6, 6.07) is 10.2. The van der Waals surface area contributed by atoms with E-state index in [9.17, 15) is 0 Å². The Bertz CT molecular complexity index is 532. The molecule has 17 heavy (non-hydrogen) atoms. The van der Waals surface area contributed by atoms with Crippen LogP contribution >= 0.6 is 0 Å². The zero-order valence-corrected chi connectivity index (χ0v) is 10.6. The molecule has 1 unspecified atom stereocenters. The topological polar surface area (TPSA) is 38.9 Å². The summed E-state index contributed by atoms with van der Waals surface area (Å²) in [5, 5.41) is 0. The lowest BCUT2D eigenvalue weighted by Gasteiger charge is -2.16. The number of pyridine rings is 1. The predicted octanol–water partition coefficient (Wildman–Crippen LogP) is 3.05. The first-order valence-corrected chi connectivity index (χ1v) is 5.84. The lowest BCUT2D eigenvalue weighted by atomic mass is 9.95. The van der Waals surface area contributed by atoms with E-state index in [1.165, 1.54) is 11.1 Å². The Morgan fingerprint density at radius 2 is 1.82 bits per heavy atom. The SMILES string of the molecule is Cc1ccc(C)c(C(N)c2ncccc2C)c1. The Labute approximate surface area is 103 Å². The van der Waals surface area contributed by atoms with Crippen LogP contribution in [0.2, 0.25) is 0 Å². The maximum Gasteiger partial charge on any atom is 0.0731 e. The molecule has 1 aromatic heterocycles. The van der Waals surface area contributed by atoms with Gasteiger partial charge in [0.2, 0.25) is 0 Å². The van der Waals surface area contributed by atoms with Crippen LogP contribution in [0.15, 0.2) is 36.5 Å². The van der Waals surface area contributed by atoms with Crippen LogP contribution in [0, 0.1) is 20.8 Å². The largest absolute Gasteiger partial charge is 0.319 e. The van der Waals surface area contributed by atoms with E-state index < -0.39 is 0 Å². The highest BCUT2D eigenvalue weighted by atomic mass is 14.8. The number of hydrogen-bond acceptors (Lipinski definition) is 2. The van der Waals surface area contributed by atoms with Crippen LogP contribution in [0.5, 0.6) is 0 Å². The van der Waals surface area contributed by atoms with Crippen molar-refractivity contribution < 1.29 is 0 Å². The number of nitrogens with zero attached hydrogens (tertiary/aromatic N) is 1. The summed E-state index contributed by atoms with van der Waals surface area (Å²) in [5.74, 6) is 0. The van der Waals surface area contributed by atoms with Crippen molar-refractivity contribution in [3.05, 3.63) is 64.5 Å². The molecule has 0 spiro atoms. The van der Waals surface area contributed by atoms with Gasteiger partial charge in [-0.3, -0.25) is 4.98 Å². The quantitative estimate of drug-likeness (QED) is 0.854. The van der Waals surface area contributed by atoms with E-state index in [0.717, 1.165) is 16.8 Å². The third-order valence-electron chi connectivity index (χ3n) is 3.11. The van der Waals surface area contributed by atoms with E-state index in [1.54, 1.807) is 6.20 Å². The number of aromatic nitrogens is 1. The zero-order valence-electron chi connectivity index (χ0n) is 10.6. The average Bonchev–Trinajstić information content (AvgIpc) is 2.32. The van der Waals surface area contributed by atoms with E-state index in [-0.39, 0.29) is 6.04 Å². The number of aryl methyl sites for hydroxylation is 3. The lowest BCUT2D eigenvalue weighted by Crippen LogP contribution is -2.16. The highest BCUT2D eigenvalue weighted by molar-refractivity contribution is 5.38. The highest BCUT2D eigenvalue weighted by Gasteiger charge is 2.14. The molecule has 0 aliphatic rings. The van der Waals surface area contributed by atoms with Crippen LogP contribution < -0.4 is 5.73 Å². The molecule has 1 atom stereocenters. The first kappa shape index (κ1) is 11.8. The lowest BCUT2D eigenvalue weighted by molar-refractivity contribution is 0.809. The van der Waals surface area contributed by atoms with Gasteiger partial charge < -0.3 is 5.73 Å². The van der Waals surface area contributed by atoms with Crippen molar-refractivity contribution in [1.29, 1.82) is 0 Å². The molecule has 0 amide bonds. The van der Waals surface area contributed by atoms with Crippen LogP contribution in [-0.4, -0.2) is 4.98 Å². The van der Waals surface area contributed by atoms with Crippen LogP contribution in [0.3, 0.4) is 0 Å². The first-order valence-electron chi connectivity index (χ1n) is 5.84. The van der Waals surface area contributed by atoms with Gasteiger partial charge in [-0.05, 0) is 43.5 Å². The Hall–Kier alpha value is -1.67. The van der Waals surface area contributed by atoms with Crippen molar-refractivity contribution >= 4 is 0 Å². The van der Waals surface area contributed by atoms with E-state index >= 15 is 0 Å². The Morgan fingerprint density at radius 1 is 1.06 bits per heavy atom. The summed E-state index contributed by atoms with van der Waals surface area (Å²) in [5.41, 5.74) is 12.0. The van der Waals surface area contributed by atoms with Crippen LogP contribution in [0.25, 0.3) is 0 Å². The molecule has 0 bridgehead atoms. The molecular weight excluding hydrogens is 208 g/mol. The standard InChI is InChI=1S/C15H18N2/c1-10-6-7-11(2)13(9-10)14(16)15-12(3)5-4-8-17-15/h4-9,14H,16H2,1-3H3. The molecule has 0 aliphatic heterocycles. The summed E-state index contributed by atoms with van der Waals surface area (Å²) >= 11 is 0. The monoisotopic (exact) mass is 226 g/mol. The van der Waals surface area contributed by atoms with Crippen molar-refractivity contribution in [3.63, 3.8) is 0 Å². The summed E-state index contributed by atoms with van der Waals surface area (Å²) in [4.78, 5) is 4.40. The molecule has 88 valence electrons. The third kappa shape index (κ3) is 2.37. The molecule has 1 heterocycles. The minimum absolute atomic E-state index is 0.143. The molecule has 2 N–H and O–H groups in total. The Morgan fingerprint density at radius 3 is 2.53 bits per heavy atom. The molecule has 2 heteroatoms. The number of rotatable bonds is 2. The smallest absolute Gasteiger partial charge is 0.0731 e. The van der Waals surface area contributed by atoms with Gasteiger partial charge in [0.1, 0.15) is 0 Å². The molecule has 2 nitrogen and oxygen atoms in total. The fourth-order valence-electron chi connectivity index (χ4n) is 2.07. The zero-order chi connectivity index (χ0) is 12.4. The van der Waals surface area contributed by atoms with Gasteiger partial charge >= 0.3 is 0 Å². The second-order valence-corrected chi connectivity index (χ2v) is 4.54. The van der Waals surface area contributed by atoms with E-state index in [2.05, 4.69) is 37.0 Å². The molecule has 2 aromatic rings. The summed E-state index contributed by atoms with van der Waals surface area (Å²) in [7, 11) is 0. The fraction of sp³-hybridized carbons (Fsp3) is 0.267. The second-order valence-electron chi connectivity index (χ2n) is 4.54. The van der Waals surface area contributed by atoms with Crippen molar-refractivity contribution in [2.75, 3.05) is 0 Å². The molecule has 0 fully saturated rings. The maximum atomic E-state index is 6.32. The molecule has 1 aromatic carbocycles. The molecule has 0 saturated heterocycles. The van der Waals surface area contributed by atoms with Crippen molar-refractivity contribution in [3.8, 4) is 0 Å². The van der Waals surface area contributed by atoms with Gasteiger partial charge in [-0.2, -0.15) is 0 Å². The normalized spacial score (nSPS) is 12.5. The van der Waals surface area contributed by atoms with Gasteiger partial charge in [-0.25, -0.2) is 0 Å². The Kier molecular flexibility index (Phi) is 3.25. The van der Waals surface area contributed by atoms with E-state index in [0.29, 0.717) is 0 Å². The predicted molar refractivity (Wildman–Crippen MR) is 70.9 cm³/mol. The number of benzene rings is 1. The number of hydrogen-bond donors (Lipinski definition) is 1. The van der Waals surface area contributed by atoms with Crippen molar-refractivity contribution in [1.82, 2.24) is 4.98 Å². The van der Waals surface area contributed by atoms with Gasteiger partial charge in [0.15, 0.2) is 0 Å². The molecule has 0 aliphatic carbocycles. The number of nitrogens with two attached hydrogens (primary N) is 1. The minimum Gasteiger partial charge on any atom is -0.319 e. The van der Waals surface area contributed by atoms with E-state index in [1.807, 2.05) is 19.1 Å². The van der Waals surface area contributed by atoms with Gasteiger partial charge in [-0.1, -0.05) is 29.8 Å².